The lowest BCUT2D eigenvalue weighted by Gasteiger charge is -2.33. The van der Waals surface area contributed by atoms with Gasteiger partial charge in [0.25, 0.3) is 5.91 Å². The third-order valence-electron chi connectivity index (χ3n) is 5.51. The van der Waals surface area contributed by atoms with Gasteiger partial charge < -0.3 is 24.2 Å². The number of rotatable bonds is 8. The Kier molecular flexibility index (Phi) is 6.63. The number of anilines is 2. The van der Waals surface area contributed by atoms with Crippen LogP contribution in [-0.2, 0) is 16.1 Å². The number of hydrogen-bond acceptors (Lipinski definition) is 6. The summed E-state index contributed by atoms with van der Waals surface area (Å²) in [5, 5.41) is 6.88. The Hall–Kier alpha value is -3.81. The highest BCUT2D eigenvalue weighted by molar-refractivity contribution is 6.01. The lowest BCUT2D eigenvalue weighted by molar-refractivity contribution is -0.125. The number of aryl methyl sites for hydroxylation is 2. The molecule has 1 atom stereocenters. The first-order valence-electron chi connectivity index (χ1n) is 10.9. The van der Waals surface area contributed by atoms with Crippen LogP contribution in [-0.4, -0.2) is 29.7 Å². The molecule has 2 aromatic carbocycles. The summed E-state index contributed by atoms with van der Waals surface area (Å²) in [6, 6.07) is 14.8. The van der Waals surface area contributed by atoms with Gasteiger partial charge in [0, 0.05) is 17.7 Å². The molecule has 0 radical (unpaired) electrons. The molecule has 8 heteroatoms. The molecule has 1 aromatic heterocycles. The number of carbonyl (C=O) groups excluding carboxylic acids is 2. The maximum Gasteiger partial charge on any atom is 0.268 e. The standard InChI is InChI=1S/C25H27N3O5/c1-16-21(17(2)33-27-16)15-28-22-14-19(11-12-23(22)32-18(3)25(28)30)26-24(29)10-7-13-31-20-8-5-4-6-9-20/h4-6,8-9,11-12,14,18H,7,10,13,15H2,1-3H3,(H,26,29). The molecule has 0 saturated carbocycles. The van der Waals surface area contributed by atoms with Crippen LogP contribution in [0.3, 0.4) is 0 Å². The second-order valence-corrected chi connectivity index (χ2v) is 7.98. The van der Waals surface area contributed by atoms with Crippen LogP contribution in [0.25, 0.3) is 0 Å². The first kappa shape index (κ1) is 22.4. The number of ether oxygens (including phenoxy) is 2. The van der Waals surface area contributed by atoms with Crippen LogP contribution < -0.4 is 19.7 Å². The first-order valence-corrected chi connectivity index (χ1v) is 10.9. The van der Waals surface area contributed by atoms with E-state index >= 15 is 0 Å². The molecule has 0 bridgehead atoms. The molecular formula is C25H27N3O5. The number of nitrogens with zero attached hydrogens (tertiary/aromatic N) is 2. The Morgan fingerprint density at radius 2 is 1.97 bits per heavy atom. The van der Waals surface area contributed by atoms with Gasteiger partial charge in [0.2, 0.25) is 5.91 Å². The lowest BCUT2D eigenvalue weighted by atomic mass is 10.1. The summed E-state index contributed by atoms with van der Waals surface area (Å²) in [6.07, 6.45) is 0.297. The molecule has 4 rings (SSSR count). The summed E-state index contributed by atoms with van der Waals surface area (Å²) in [6.45, 7) is 6.16. The van der Waals surface area contributed by atoms with Crippen molar-refractivity contribution in [1.29, 1.82) is 0 Å². The largest absolute Gasteiger partial charge is 0.494 e. The number of aromatic nitrogens is 1. The minimum Gasteiger partial charge on any atom is -0.494 e. The van der Waals surface area contributed by atoms with Crippen molar-refractivity contribution in [2.24, 2.45) is 0 Å². The molecule has 0 spiro atoms. The molecule has 3 aromatic rings. The minimum absolute atomic E-state index is 0.125. The van der Waals surface area contributed by atoms with Gasteiger partial charge >= 0.3 is 0 Å². The summed E-state index contributed by atoms with van der Waals surface area (Å²) in [7, 11) is 0. The molecule has 8 nitrogen and oxygen atoms in total. The van der Waals surface area contributed by atoms with Crippen LogP contribution >= 0.6 is 0 Å². The Bertz CT molecular complexity index is 1120. The van der Waals surface area contributed by atoms with Gasteiger partial charge in [0.15, 0.2) is 6.10 Å². The fourth-order valence-corrected chi connectivity index (χ4v) is 3.70. The van der Waals surface area contributed by atoms with Crippen LogP contribution in [0.5, 0.6) is 11.5 Å². The monoisotopic (exact) mass is 449 g/mol. The second kappa shape index (κ2) is 9.77. The number of hydrogen-bond donors (Lipinski definition) is 1. The zero-order valence-corrected chi connectivity index (χ0v) is 19.0. The van der Waals surface area contributed by atoms with Gasteiger partial charge in [-0.25, -0.2) is 0 Å². The fraction of sp³-hybridized carbons (Fsp3) is 0.320. The van der Waals surface area contributed by atoms with Crippen molar-refractivity contribution in [3.63, 3.8) is 0 Å². The van der Waals surface area contributed by atoms with Crippen LogP contribution in [0.2, 0.25) is 0 Å². The third kappa shape index (κ3) is 5.16. The summed E-state index contributed by atoms with van der Waals surface area (Å²) >= 11 is 0. The summed E-state index contributed by atoms with van der Waals surface area (Å²) < 4.78 is 16.7. The van der Waals surface area contributed by atoms with Gasteiger partial charge in [-0.3, -0.25) is 9.59 Å². The van der Waals surface area contributed by atoms with Crippen LogP contribution in [0.4, 0.5) is 11.4 Å². The van der Waals surface area contributed by atoms with Gasteiger partial charge in [-0.1, -0.05) is 23.4 Å². The van der Waals surface area contributed by atoms with E-state index in [4.69, 9.17) is 14.0 Å². The summed E-state index contributed by atoms with van der Waals surface area (Å²) in [5.74, 6) is 1.75. The van der Waals surface area contributed by atoms with Crippen molar-refractivity contribution in [1.82, 2.24) is 5.16 Å². The molecule has 2 heterocycles. The highest BCUT2D eigenvalue weighted by Gasteiger charge is 2.33. The van der Waals surface area contributed by atoms with Crippen molar-refractivity contribution in [3.8, 4) is 11.5 Å². The van der Waals surface area contributed by atoms with E-state index in [0.29, 0.717) is 48.9 Å². The van der Waals surface area contributed by atoms with Gasteiger partial charge in [0.05, 0.1) is 24.5 Å². The van der Waals surface area contributed by atoms with Crippen molar-refractivity contribution < 1.29 is 23.6 Å². The summed E-state index contributed by atoms with van der Waals surface area (Å²) in [4.78, 5) is 27.0. The number of para-hydroxylation sites is 1. The smallest absolute Gasteiger partial charge is 0.268 e. The van der Waals surface area contributed by atoms with Crippen LogP contribution in [0.1, 0.15) is 36.8 Å². The van der Waals surface area contributed by atoms with E-state index in [1.807, 2.05) is 44.2 Å². The van der Waals surface area contributed by atoms with E-state index in [0.717, 1.165) is 17.0 Å². The zero-order chi connectivity index (χ0) is 23.4. The van der Waals surface area contributed by atoms with Gasteiger partial charge in [0.1, 0.15) is 17.3 Å². The molecule has 1 N–H and O–H groups in total. The quantitative estimate of drug-likeness (QED) is 0.512. The molecule has 1 aliphatic heterocycles. The van der Waals surface area contributed by atoms with Gasteiger partial charge in [-0.15, -0.1) is 0 Å². The Balaban J connectivity index is 1.42. The Morgan fingerprint density at radius 1 is 1.18 bits per heavy atom. The highest BCUT2D eigenvalue weighted by atomic mass is 16.5. The molecule has 0 saturated heterocycles. The third-order valence-corrected chi connectivity index (χ3v) is 5.51. The molecule has 0 aliphatic carbocycles. The normalized spacial score (nSPS) is 15.1. The SMILES string of the molecule is Cc1noc(C)c1CN1C(=O)C(C)Oc2ccc(NC(=O)CCCOc3ccccc3)cc21. The number of amides is 2. The number of fused-ring (bicyclic) bond motifs is 1. The topological polar surface area (TPSA) is 93.9 Å². The van der Waals surface area contributed by atoms with E-state index in [2.05, 4.69) is 10.5 Å². The van der Waals surface area contributed by atoms with Crippen molar-refractivity contribution in [2.75, 3.05) is 16.8 Å². The lowest BCUT2D eigenvalue weighted by Crippen LogP contribution is -2.44. The van der Waals surface area contributed by atoms with Crippen molar-refractivity contribution >= 4 is 23.2 Å². The number of benzene rings is 2. The van der Waals surface area contributed by atoms with E-state index in [-0.39, 0.29) is 11.8 Å². The van der Waals surface area contributed by atoms with E-state index in [1.165, 1.54) is 0 Å². The predicted molar refractivity (Wildman–Crippen MR) is 123 cm³/mol. The predicted octanol–water partition coefficient (Wildman–Crippen LogP) is 4.40. The number of nitrogens with one attached hydrogen (secondary N) is 1. The van der Waals surface area contributed by atoms with Gasteiger partial charge in [-0.05, 0) is 57.5 Å². The Labute approximate surface area is 192 Å². The van der Waals surface area contributed by atoms with Gasteiger partial charge in [-0.2, -0.15) is 0 Å². The maximum atomic E-state index is 12.9. The molecule has 1 unspecified atom stereocenters. The fourth-order valence-electron chi connectivity index (χ4n) is 3.70. The second-order valence-electron chi connectivity index (χ2n) is 7.98. The molecule has 0 fully saturated rings. The minimum atomic E-state index is -0.608. The Morgan fingerprint density at radius 3 is 2.70 bits per heavy atom. The molecule has 172 valence electrons. The van der Waals surface area contributed by atoms with Crippen LogP contribution in [0.15, 0.2) is 53.1 Å². The highest BCUT2D eigenvalue weighted by Crippen LogP contribution is 2.37. The molecular weight excluding hydrogens is 422 g/mol. The zero-order valence-electron chi connectivity index (χ0n) is 19.0. The van der Waals surface area contributed by atoms with E-state index < -0.39 is 6.10 Å². The summed E-state index contributed by atoms with van der Waals surface area (Å²) in [5.41, 5.74) is 2.79. The van der Waals surface area contributed by atoms with E-state index in [9.17, 15) is 9.59 Å². The molecule has 1 aliphatic rings. The van der Waals surface area contributed by atoms with Crippen LogP contribution in [0, 0.1) is 13.8 Å². The number of carbonyl (C=O) groups is 2. The molecule has 33 heavy (non-hydrogen) atoms. The average Bonchev–Trinajstić information content (AvgIpc) is 3.12. The first-order chi connectivity index (χ1) is 15.9. The van der Waals surface area contributed by atoms with E-state index in [1.54, 1.807) is 30.0 Å². The molecule has 2 amide bonds. The van der Waals surface area contributed by atoms with Crippen molar-refractivity contribution in [3.05, 3.63) is 65.5 Å². The maximum absolute atomic E-state index is 12.9. The average molecular weight is 450 g/mol. The van der Waals surface area contributed by atoms with Crippen molar-refractivity contribution in [2.45, 2.75) is 46.3 Å².